The smallest absolute Gasteiger partial charge is 0.266 e. The van der Waals surface area contributed by atoms with E-state index >= 15 is 0 Å². The van der Waals surface area contributed by atoms with Gasteiger partial charge in [-0.3, -0.25) is 14.5 Å². The summed E-state index contributed by atoms with van der Waals surface area (Å²) in [6.45, 7) is -0.227. The molecule has 8 heteroatoms. The Morgan fingerprint density at radius 2 is 1.85 bits per heavy atom. The van der Waals surface area contributed by atoms with Crippen LogP contribution in [0.1, 0.15) is 5.56 Å². The predicted molar refractivity (Wildman–Crippen MR) is 103 cm³/mol. The number of hydrogen-bond acceptors (Lipinski definition) is 5. The Hall–Kier alpha value is -2.71. The molecule has 1 fully saturated rings. The van der Waals surface area contributed by atoms with Crippen LogP contribution < -0.4 is 5.32 Å². The highest BCUT2D eigenvalue weighted by Crippen LogP contribution is 2.32. The average molecular weight is 388 g/mol. The first-order valence-electron chi connectivity index (χ1n) is 7.52. The molecular weight excluding hydrogens is 375 g/mol. The van der Waals surface area contributed by atoms with Crippen LogP contribution in [0.15, 0.2) is 53.4 Å². The summed E-state index contributed by atoms with van der Waals surface area (Å²) < 4.78 is 13.2. The lowest BCUT2D eigenvalue weighted by atomic mass is 10.2. The Labute approximate surface area is 158 Å². The lowest BCUT2D eigenvalue weighted by Crippen LogP contribution is -2.36. The normalized spacial score (nSPS) is 15.6. The molecule has 2 amide bonds. The van der Waals surface area contributed by atoms with Gasteiger partial charge in [0.25, 0.3) is 5.91 Å². The van der Waals surface area contributed by atoms with Crippen molar-refractivity contribution in [3.05, 3.63) is 64.8 Å². The van der Waals surface area contributed by atoms with Crippen molar-refractivity contribution in [1.29, 1.82) is 0 Å². The Bertz CT molecular complexity index is 896. The van der Waals surface area contributed by atoms with Gasteiger partial charge in [-0.15, -0.1) is 0 Å². The zero-order valence-electron chi connectivity index (χ0n) is 13.3. The Kier molecular flexibility index (Phi) is 5.34. The minimum atomic E-state index is -0.432. The number of nitrogens with one attached hydrogen (secondary N) is 1. The van der Waals surface area contributed by atoms with Gasteiger partial charge < -0.3 is 10.4 Å². The zero-order valence-corrected chi connectivity index (χ0v) is 14.9. The van der Waals surface area contributed by atoms with Gasteiger partial charge in [-0.25, -0.2) is 4.39 Å². The Morgan fingerprint density at radius 3 is 2.50 bits per heavy atom. The third-order valence-electron chi connectivity index (χ3n) is 3.49. The quantitative estimate of drug-likeness (QED) is 0.621. The molecule has 0 saturated carbocycles. The van der Waals surface area contributed by atoms with E-state index in [1.807, 2.05) is 0 Å². The molecular formula is C18H13FN2O3S2. The van der Waals surface area contributed by atoms with Crippen molar-refractivity contribution in [1.82, 2.24) is 4.90 Å². The molecule has 2 N–H and O–H groups in total. The van der Waals surface area contributed by atoms with E-state index in [9.17, 15) is 19.1 Å². The van der Waals surface area contributed by atoms with Crippen molar-refractivity contribution in [3.8, 4) is 5.75 Å². The third kappa shape index (κ3) is 4.27. The molecule has 1 aliphatic heterocycles. The van der Waals surface area contributed by atoms with Crippen LogP contribution in [0.2, 0.25) is 0 Å². The fourth-order valence-corrected chi connectivity index (χ4v) is 3.49. The summed E-state index contributed by atoms with van der Waals surface area (Å²) in [5, 5.41) is 11.9. The molecule has 26 heavy (non-hydrogen) atoms. The van der Waals surface area contributed by atoms with E-state index in [1.54, 1.807) is 18.2 Å². The third-order valence-corrected chi connectivity index (χ3v) is 4.87. The minimum Gasteiger partial charge on any atom is -0.508 e. The molecule has 0 aliphatic carbocycles. The van der Waals surface area contributed by atoms with Crippen molar-refractivity contribution in [3.63, 3.8) is 0 Å². The van der Waals surface area contributed by atoms with Crippen LogP contribution in [0.3, 0.4) is 0 Å². The number of carbonyl (C=O) groups is 2. The first-order valence-corrected chi connectivity index (χ1v) is 8.75. The summed E-state index contributed by atoms with van der Waals surface area (Å²) in [6.07, 6.45) is 1.65. The van der Waals surface area contributed by atoms with Gasteiger partial charge in [-0.1, -0.05) is 36.1 Å². The number of phenols is 1. The molecule has 2 aromatic carbocycles. The second kappa shape index (κ2) is 7.67. The van der Waals surface area contributed by atoms with Gasteiger partial charge in [-0.05, 0) is 48.0 Å². The number of carbonyl (C=O) groups excluding carboxylic acids is 2. The number of amides is 2. The molecule has 2 aromatic rings. The highest BCUT2D eigenvalue weighted by Gasteiger charge is 2.33. The molecule has 1 aliphatic rings. The fraction of sp³-hybridized carbons (Fsp3) is 0.0556. The second-order valence-corrected chi connectivity index (χ2v) is 7.09. The van der Waals surface area contributed by atoms with Crippen molar-refractivity contribution in [2.45, 2.75) is 0 Å². The number of anilines is 1. The summed E-state index contributed by atoms with van der Waals surface area (Å²) in [6, 6.07) is 11.7. The summed E-state index contributed by atoms with van der Waals surface area (Å²) in [5.41, 5.74) is 1.17. The molecule has 0 unspecified atom stereocenters. The van der Waals surface area contributed by atoms with Crippen molar-refractivity contribution in [2.24, 2.45) is 0 Å². The zero-order chi connectivity index (χ0) is 18.7. The van der Waals surface area contributed by atoms with Gasteiger partial charge >= 0.3 is 0 Å². The molecule has 132 valence electrons. The van der Waals surface area contributed by atoms with Crippen LogP contribution in [-0.2, 0) is 9.59 Å². The van der Waals surface area contributed by atoms with Crippen molar-refractivity contribution in [2.75, 3.05) is 11.9 Å². The maximum atomic E-state index is 12.9. The summed E-state index contributed by atoms with van der Waals surface area (Å²) in [7, 11) is 0. The van der Waals surface area contributed by atoms with E-state index in [-0.39, 0.29) is 22.5 Å². The van der Waals surface area contributed by atoms with E-state index < -0.39 is 11.7 Å². The number of thiocarbonyl (C=S) groups is 1. The summed E-state index contributed by atoms with van der Waals surface area (Å²) in [4.78, 5) is 26.2. The SMILES string of the molecule is O=C(CN1C(=O)/C(=C/c2ccc(O)cc2)SC1=S)Nc1ccc(F)cc1. The van der Waals surface area contributed by atoms with Crippen LogP contribution in [0.5, 0.6) is 5.75 Å². The highest BCUT2D eigenvalue weighted by atomic mass is 32.2. The van der Waals surface area contributed by atoms with Gasteiger partial charge in [0.05, 0.1) is 4.91 Å². The van der Waals surface area contributed by atoms with E-state index in [2.05, 4.69) is 5.32 Å². The first-order chi connectivity index (χ1) is 12.4. The number of benzene rings is 2. The van der Waals surface area contributed by atoms with Crippen LogP contribution >= 0.6 is 24.0 Å². The monoisotopic (exact) mass is 388 g/mol. The van der Waals surface area contributed by atoms with Gasteiger partial charge in [0.2, 0.25) is 5.91 Å². The van der Waals surface area contributed by atoms with Gasteiger partial charge in [0.1, 0.15) is 22.4 Å². The molecule has 1 heterocycles. The van der Waals surface area contributed by atoms with Crippen LogP contribution in [0.25, 0.3) is 6.08 Å². The molecule has 5 nitrogen and oxygen atoms in total. The Balaban J connectivity index is 1.67. The van der Waals surface area contributed by atoms with E-state index in [0.717, 1.165) is 17.3 Å². The van der Waals surface area contributed by atoms with Crippen molar-refractivity contribution < 1.29 is 19.1 Å². The largest absolute Gasteiger partial charge is 0.508 e. The van der Waals surface area contributed by atoms with Crippen molar-refractivity contribution >= 4 is 51.9 Å². The number of halogens is 1. The molecule has 0 radical (unpaired) electrons. The van der Waals surface area contributed by atoms with Gasteiger partial charge in [0, 0.05) is 5.69 Å². The molecule has 0 bridgehead atoms. The number of hydrogen-bond donors (Lipinski definition) is 2. The van der Waals surface area contributed by atoms with Gasteiger partial charge in [0.15, 0.2) is 0 Å². The van der Waals surface area contributed by atoms with Crippen LogP contribution in [0.4, 0.5) is 10.1 Å². The number of phenolic OH excluding ortho intramolecular Hbond substituents is 1. The van der Waals surface area contributed by atoms with E-state index in [1.165, 1.54) is 41.3 Å². The lowest BCUT2D eigenvalue weighted by molar-refractivity contribution is -0.126. The number of rotatable bonds is 4. The molecule has 1 saturated heterocycles. The topological polar surface area (TPSA) is 69.6 Å². The Morgan fingerprint density at radius 1 is 1.19 bits per heavy atom. The standard InChI is InChI=1S/C18H13FN2O3S2/c19-12-3-5-13(6-4-12)20-16(23)10-21-17(24)15(26-18(21)25)9-11-1-7-14(22)8-2-11/h1-9,22H,10H2,(H,20,23)/b15-9-. The molecule has 3 rings (SSSR count). The summed E-state index contributed by atoms with van der Waals surface area (Å²) in [5.74, 6) is -1.06. The highest BCUT2D eigenvalue weighted by molar-refractivity contribution is 8.26. The van der Waals surface area contributed by atoms with Crippen LogP contribution in [0, 0.1) is 5.82 Å². The number of nitrogens with zero attached hydrogens (tertiary/aromatic N) is 1. The van der Waals surface area contributed by atoms with E-state index in [4.69, 9.17) is 12.2 Å². The predicted octanol–water partition coefficient (Wildman–Crippen LogP) is 3.37. The lowest BCUT2D eigenvalue weighted by Gasteiger charge is -2.14. The maximum Gasteiger partial charge on any atom is 0.266 e. The number of thioether (sulfide) groups is 1. The van der Waals surface area contributed by atoms with Crippen LogP contribution in [-0.4, -0.2) is 32.7 Å². The molecule has 0 spiro atoms. The van der Waals surface area contributed by atoms with E-state index in [0.29, 0.717) is 10.6 Å². The van der Waals surface area contributed by atoms with Gasteiger partial charge in [-0.2, -0.15) is 0 Å². The molecule has 0 aromatic heterocycles. The first kappa shape index (κ1) is 18.1. The number of aromatic hydroxyl groups is 1. The fourth-order valence-electron chi connectivity index (χ4n) is 2.24. The minimum absolute atomic E-state index is 0.132. The average Bonchev–Trinajstić information content (AvgIpc) is 2.86. The second-order valence-electron chi connectivity index (χ2n) is 5.41. The molecule has 0 atom stereocenters. The summed E-state index contributed by atoms with van der Waals surface area (Å²) >= 11 is 6.30. The maximum absolute atomic E-state index is 12.9.